The first-order valence-corrected chi connectivity index (χ1v) is 9.17. The molecule has 1 amide bonds. The minimum absolute atomic E-state index is 0.0359. The summed E-state index contributed by atoms with van der Waals surface area (Å²) in [5.41, 5.74) is -0.360. The van der Waals surface area contributed by atoms with Crippen LogP contribution in [-0.2, 0) is 6.18 Å². The van der Waals surface area contributed by atoms with E-state index in [0.29, 0.717) is 23.2 Å². The van der Waals surface area contributed by atoms with Gasteiger partial charge in [-0.1, -0.05) is 30.3 Å². The number of carbonyl (C=O) groups excluding carboxylic acids is 1. The average Bonchev–Trinajstić information content (AvgIpc) is 3.29. The maximum absolute atomic E-state index is 13.7. The molecule has 0 N–H and O–H groups in total. The van der Waals surface area contributed by atoms with Crippen molar-refractivity contribution < 1.29 is 18.0 Å². The molecular weight excluding hydrogens is 425 g/mol. The van der Waals surface area contributed by atoms with Crippen molar-refractivity contribution in [1.29, 1.82) is 0 Å². The summed E-state index contributed by atoms with van der Waals surface area (Å²) < 4.78 is 41.8. The van der Waals surface area contributed by atoms with Crippen molar-refractivity contribution in [2.45, 2.75) is 19.0 Å². The number of rotatable bonds is 2. The lowest BCUT2D eigenvalue weighted by atomic mass is 10.1. The molecule has 3 heterocycles. The van der Waals surface area contributed by atoms with Gasteiger partial charge in [0.2, 0.25) is 0 Å². The first-order valence-electron chi connectivity index (χ1n) is 8.37. The van der Waals surface area contributed by atoms with E-state index in [4.69, 9.17) is 0 Å². The van der Waals surface area contributed by atoms with Gasteiger partial charge in [0.1, 0.15) is 0 Å². The number of likely N-dealkylation sites (tertiary alicyclic amines) is 1. The molecule has 2 aromatic heterocycles. The normalized spacial score (nSPS) is 14.9. The van der Waals surface area contributed by atoms with E-state index >= 15 is 0 Å². The first-order chi connectivity index (χ1) is 12.9. The summed E-state index contributed by atoms with van der Waals surface area (Å²) in [5, 5.41) is 3.95. The molecule has 5 nitrogen and oxygen atoms in total. The Morgan fingerprint density at radius 3 is 2.41 bits per heavy atom. The Labute approximate surface area is 160 Å². The van der Waals surface area contributed by atoms with Crippen molar-refractivity contribution in [2.24, 2.45) is 0 Å². The number of benzene rings is 1. The summed E-state index contributed by atoms with van der Waals surface area (Å²) in [6.45, 7) is 1.15. The highest BCUT2D eigenvalue weighted by molar-refractivity contribution is 9.10. The second-order valence-electron chi connectivity index (χ2n) is 6.29. The van der Waals surface area contributed by atoms with Crippen molar-refractivity contribution in [1.82, 2.24) is 19.5 Å². The second kappa shape index (κ2) is 6.63. The van der Waals surface area contributed by atoms with Gasteiger partial charge in [0.05, 0.1) is 10.2 Å². The zero-order valence-corrected chi connectivity index (χ0v) is 15.6. The van der Waals surface area contributed by atoms with Crippen LogP contribution in [0.3, 0.4) is 0 Å². The van der Waals surface area contributed by atoms with Crippen LogP contribution in [-0.4, -0.2) is 38.5 Å². The Morgan fingerprint density at radius 1 is 1.11 bits per heavy atom. The number of fused-ring (bicyclic) bond motifs is 1. The van der Waals surface area contributed by atoms with Gasteiger partial charge in [-0.15, -0.1) is 0 Å². The van der Waals surface area contributed by atoms with Crippen molar-refractivity contribution in [3.8, 4) is 11.3 Å². The van der Waals surface area contributed by atoms with Crippen LogP contribution in [0.4, 0.5) is 13.2 Å². The van der Waals surface area contributed by atoms with Crippen LogP contribution in [0.2, 0.25) is 0 Å². The van der Waals surface area contributed by atoms with Gasteiger partial charge < -0.3 is 4.90 Å². The standard InChI is InChI=1S/C18H14BrF3N4O/c19-14-15(17(27)25-8-4-5-9-25)24-26-13(18(20,21)22)10-12(23-16(14)26)11-6-2-1-3-7-11/h1-3,6-7,10H,4-5,8-9H2. The minimum atomic E-state index is -4.65. The smallest absolute Gasteiger partial charge is 0.337 e. The molecule has 0 spiro atoms. The molecule has 0 atom stereocenters. The van der Waals surface area contributed by atoms with Crippen molar-refractivity contribution >= 4 is 27.5 Å². The highest BCUT2D eigenvalue weighted by atomic mass is 79.9. The van der Waals surface area contributed by atoms with Gasteiger partial charge in [0.15, 0.2) is 17.0 Å². The lowest BCUT2D eigenvalue weighted by molar-refractivity contribution is -0.142. The number of hydrogen-bond donors (Lipinski definition) is 0. The van der Waals surface area contributed by atoms with Gasteiger partial charge >= 0.3 is 6.18 Å². The van der Waals surface area contributed by atoms with Crippen LogP contribution < -0.4 is 0 Å². The lowest BCUT2D eigenvalue weighted by Gasteiger charge is -2.13. The predicted octanol–water partition coefficient (Wildman–Crippen LogP) is 4.41. The molecule has 0 bridgehead atoms. The van der Waals surface area contributed by atoms with Gasteiger partial charge in [-0.2, -0.15) is 18.3 Å². The number of nitrogens with zero attached hydrogens (tertiary/aromatic N) is 4. The third kappa shape index (κ3) is 3.20. The van der Waals surface area contributed by atoms with Gasteiger partial charge in [-0.25, -0.2) is 9.50 Å². The van der Waals surface area contributed by atoms with Gasteiger partial charge in [-0.3, -0.25) is 4.79 Å². The summed E-state index contributed by atoms with van der Waals surface area (Å²) >= 11 is 3.25. The third-order valence-electron chi connectivity index (χ3n) is 4.49. The maximum Gasteiger partial charge on any atom is 0.433 e. The summed E-state index contributed by atoms with van der Waals surface area (Å²) in [6.07, 6.45) is -2.90. The van der Waals surface area contributed by atoms with Crippen LogP contribution in [0, 0.1) is 0 Å². The predicted molar refractivity (Wildman–Crippen MR) is 96.3 cm³/mol. The highest BCUT2D eigenvalue weighted by Crippen LogP contribution is 2.35. The van der Waals surface area contributed by atoms with E-state index in [2.05, 4.69) is 26.0 Å². The molecular formula is C18H14BrF3N4O. The zero-order chi connectivity index (χ0) is 19.2. The van der Waals surface area contributed by atoms with Crippen molar-refractivity contribution in [3.63, 3.8) is 0 Å². The van der Waals surface area contributed by atoms with Gasteiger partial charge in [0, 0.05) is 18.7 Å². The third-order valence-corrected chi connectivity index (χ3v) is 5.22. The van der Waals surface area contributed by atoms with E-state index in [0.717, 1.165) is 18.9 Å². The molecule has 1 fully saturated rings. The van der Waals surface area contributed by atoms with Gasteiger partial charge in [0.25, 0.3) is 5.91 Å². The van der Waals surface area contributed by atoms with E-state index < -0.39 is 11.9 Å². The number of hydrogen-bond acceptors (Lipinski definition) is 3. The monoisotopic (exact) mass is 438 g/mol. The molecule has 4 rings (SSSR count). The maximum atomic E-state index is 13.7. The summed E-state index contributed by atoms with van der Waals surface area (Å²) in [6, 6.07) is 9.53. The fraction of sp³-hybridized carbons (Fsp3) is 0.278. The molecule has 9 heteroatoms. The Balaban J connectivity index is 1.93. The Kier molecular flexibility index (Phi) is 4.41. The van der Waals surface area contributed by atoms with E-state index in [1.165, 1.54) is 0 Å². The molecule has 0 unspecified atom stereocenters. The Morgan fingerprint density at radius 2 is 1.78 bits per heavy atom. The zero-order valence-electron chi connectivity index (χ0n) is 14.0. The Hall–Kier alpha value is -2.42. The second-order valence-corrected chi connectivity index (χ2v) is 7.08. The quantitative estimate of drug-likeness (QED) is 0.595. The van der Waals surface area contributed by atoms with Crippen molar-refractivity contribution in [2.75, 3.05) is 13.1 Å². The molecule has 3 aromatic rings. The minimum Gasteiger partial charge on any atom is -0.337 e. The highest BCUT2D eigenvalue weighted by Gasteiger charge is 2.37. The first kappa shape index (κ1) is 18.0. The van der Waals surface area contributed by atoms with E-state index in [1.807, 2.05) is 0 Å². The Bertz CT molecular complexity index is 1010. The number of amides is 1. The van der Waals surface area contributed by atoms with Crippen LogP contribution in [0.15, 0.2) is 40.9 Å². The fourth-order valence-electron chi connectivity index (χ4n) is 3.16. The average molecular weight is 439 g/mol. The topological polar surface area (TPSA) is 50.5 Å². The molecule has 0 radical (unpaired) electrons. The van der Waals surface area contributed by atoms with Crippen LogP contribution in [0.25, 0.3) is 16.9 Å². The van der Waals surface area contributed by atoms with Crippen LogP contribution >= 0.6 is 15.9 Å². The molecule has 0 saturated carbocycles. The molecule has 1 aromatic carbocycles. The molecule has 0 aliphatic carbocycles. The summed E-state index contributed by atoms with van der Waals surface area (Å²) in [7, 11) is 0. The van der Waals surface area contributed by atoms with Crippen LogP contribution in [0.1, 0.15) is 29.0 Å². The van der Waals surface area contributed by atoms with Crippen LogP contribution in [0.5, 0.6) is 0 Å². The summed E-state index contributed by atoms with van der Waals surface area (Å²) in [4.78, 5) is 18.6. The van der Waals surface area contributed by atoms with Crippen molar-refractivity contribution in [3.05, 3.63) is 52.3 Å². The van der Waals surface area contributed by atoms with E-state index in [9.17, 15) is 18.0 Å². The summed E-state index contributed by atoms with van der Waals surface area (Å²) in [5.74, 6) is -0.390. The lowest BCUT2D eigenvalue weighted by Crippen LogP contribution is -2.28. The molecule has 1 saturated heterocycles. The van der Waals surface area contributed by atoms with E-state index in [-0.39, 0.29) is 27.4 Å². The molecule has 140 valence electrons. The number of aromatic nitrogens is 3. The largest absolute Gasteiger partial charge is 0.433 e. The van der Waals surface area contributed by atoms with E-state index in [1.54, 1.807) is 35.2 Å². The molecule has 1 aliphatic rings. The number of alkyl halides is 3. The fourth-order valence-corrected chi connectivity index (χ4v) is 3.66. The molecule has 27 heavy (non-hydrogen) atoms. The van der Waals surface area contributed by atoms with Gasteiger partial charge in [-0.05, 0) is 34.8 Å². The molecule has 1 aliphatic heterocycles. The number of halogens is 4. The SMILES string of the molecule is O=C(c1nn2c(C(F)(F)F)cc(-c3ccccc3)nc2c1Br)N1CCCC1. The number of carbonyl (C=O) groups is 1.